The monoisotopic (exact) mass is 539 g/mol. The number of nitrogens with two attached hydrogens (primary N) is 1. The zero-order valence-electron chi connectivity index (χ0n) is 21.5. The van der Waals surface area contributed by atoms with Gasteiger partial charge in [0.25, 0.3) is 0 Å². The highest BCUT2D eigenvalue weighted by Gasteiger charge is 2.37. The van der Waals surface area contributed by atoms with E-state index in [2.05, 4.69) is 9.62 Å². The summed E-state index contributed by atoms with van der Waals surface area (Å²) in [5.41, 5.74) is 9.51. The van der Waals surface area contributed by atoms with Gasteiger partial charge in [-0.1, -0.05) is 35.9 Å². The topological polar surface area (TPSA) is 157 Å². The van der Waals surface area contributed by atoms with Gasteiger partial charge in [0.2, 0.25) is 15.9 Å². The molecule has 202 valence electrons. The molecule has 2 heterocycles. The Morgan fingerprint density at radius 1 is 1.21 bits per heavy atom. The highest BCUT2D eigenvalue weighted by Crippen LogP contribution is 2.24. The van der Waals surface area contributed by atoms with E-state index in [1.807, 2.05) is 13.1 Å². The quantitative estimate of drug-likeness (QED) is 0.225. The third-order valence-electron chi connectivity index (χ3n) is 7.06. The van der Waals surface area contributed by atoms with E-state index in [4.69, 9.17) is 11.1 Å². The maximum absolute atomic E-state index is 13.8. The molecule has 4 rings (SSSR count). The molecule has 2 aromatic rings. The number of carbonyl (C=O) groups is 2. The number of carbonyl (C=O) groups excluding carboxylic acids is 1. The summed E-state index contributed by atoms with van der Waals surface area (Å²) in [6, 6.07) is 9.28. The molecule has 2 aliphatic heterocycles. The van der Waals surface area contributed by atoms with Crippen molar-refractivity contribution in [2.75, 3.05) is 20.1 Å². The van der Waals surface area contributed by atoms with Gasteiger partial charge >= 0.3 is 5.97 Å². The number of benzene rings is 2. The molecule has 0 bridgehead atoms. The van der Waals surface area contributed by atoms with Gasteiger partial charge in [-0.15, -0.1) is 0 Å². The van der Waals surface area contributed by atoms with Crippen LogP contribution in [0.25, 0.3) is 0 Å². The molecule has 0 radical (unpaired) electrons. The first-order valence-corrected chi connectivity index (χ1v) is 13.9. The van der Waals surface area contributed by atoms with E-state index in [-0.39, 0.29) is 30.1 Å². The average Bonchev–Trinajstić information content (AvgIpc) is 2.87. The van der Waals surface area contributed by atoms with Crippen molar-refractivity contribution in [1.29, 1.82) is 5.41 Å². The van der Waals surface area contributed by atoms with Crippen LogP contribution in [0.15, 0.2) is 59.0 Å². The van der Waals surface area contributed by atoms with Gasteiger partial charge in [-0.2, -0.15) is 4.72 Å². The number of nitrogens with zero attached hydrogens (tertiary/aromatic N) is 2. The fourth-order valence-corrected chi connectivity index (χ4v) is 6.16. The van der Waals surface area contributed by atoms with Crippen LogP contribution in [-0.2, 0) is 39.0 Å². The summed E-state index contributed by atoms with van der Waals surface area (Å²) in [7, 11) is -2.16. The number of carboxylic acid groups (broad SMARTS) is 1. The highest BCUT2D eigenvalue weighted by molar-refractivity contribution is 7.89. The number of nitrogen functional groups attached to an aromatic ring is 1. The number of sulfonamides is 1. The third-order valence-corrected chi connectivity index (χ3v) is 8.53. The van der Waals surface area contributed by atoms with Crippen LogP contribution in [0.3, 0.4) is 0 Å². The van der Waals surface area contributed by atoms with E-state index < -0.39 is 34.0 Å². The number of carboxylic acids is 1. The lowest BCUT2D eigenvalue weighted by Crippen LogP contribution is -2.55. The van der Waals surface area contributed by atoms with Gasteiger partial charge < -0.3 is 20.6 Å². The number of likely N-dealkylation sites (N-methyl/N-ethyl adjacent to an activating group) is 1. The zero-order chi connectivity index (χ0) is 27.6. The van der Waals surface area contributed by atoms with Gasteiger partial charge in [0.15, 0.2) is 0 Å². The van der Waals surface area contributed by atoms with Gasteiger partial charge in [0.1, 0.15) is 17.9 Å². The summed E-state index contributed by atoms with van der Waals surface area (Å²) in [5.74, 6) is -1.93. The van der Waals surface area contributed by atoms with Gasteiger partial charge in [0.05, 0.1) is 4.90 Å². The summed E-state index contributed by atoms with van der Waals surface area (Å²) in [6.07, 6.45) is 2.72. The van der Waals surface area contributed by atoms with Crippen molar-refractivity contribution in [1.82, 2.24) is 14.5 Å². The lowest BCUT2D eigenvalue weighted by atomic mass is 9.98. The van der Waals surface area contributed by atoms with E-state index in [0.29, 0.717) is 17.7 Å². The van der Waals surface area contributed by atoms with E-state index in [0.717, 1.165) is 29.7 Å². The first-order valence-electron chi connectivity index (χ1n) is 12.4. The van der Waals surface area contributed by atoms with E-state index in [1.165, 1.54) is 11.0 Å². The minimum absolute atomic E-state index is 0.0433. The fraction of sp³-hybridized carbons (Fsp3) is 0.370. The van der Waals surface area contributed by atoms with Crippen LogP contribution in [-0.4, -0.2) is 73.3 Å². The standard InChI is InChI=1S/C27H33N5O5S/c1-17-8-11-32(24(12-17)27(34)35)26(33)23(14-18-4-3-5-20(13-18)25(28)29)30-38(36,37)22-7-6-19-9-10-31(2)16-21(19)15-22/h3-8,13,15,23-24,30H,9-12,14,16H2,1-2H3,(H3,28,29)(H,34,35). The van der Waals surface area contributed by atoms with Crippen molar-refractivity contribution < 1.29 is 23.1 Å². The number of fused-ring (bicyclic) bond motifs is 1. The van der Waals surface area contributed by atoms with Gasteiger partial charge in [-0.05, 0) is 68.1 Å². The molecule has 11 heteroatoms. The molecule has 0 spiro atoms. The Hall–Kier alpha value is -3.54. The molecule has 2 unspecified atom stereocenters. The molecule has 2 aromatic carbocycles. The number of nitrogens with one attached hydrogen (secondary N) is 2. The Morgan fingerprint density at radius 3 is 2.68 bits per heavy atom. The number of amides is 1. The number of rotatable bonds is 8. The summed E-state index contributed by atoms with van der Waals surface area (Å²) in [6.45, 7) is 3.39. The van der Waals surface area contributed by atoms with Crippen LogP contribution in [0.1, 0.15) is 35.6 Å². The molecule has 5 N–H and O–H groups in total. The van der Waals surface area contributed by atoms with Gasteiger partial charge in [-0.25, -0.2) is 13.2 Å². The predicted octanol–water partition coefficient (Wildman–Crippen LogP) is 1.48. The van der Waals surface area contributed by atoms with Gasteiger partial charge in [-0.3, -0.25) is 10.2 Å². The minimum Gasteiger partial charge on any atom is -0.480 e. The van der Waals surface area contributed by atoms with Crippen LogP contribution >= 0.6 is 0 Å². The van der Waals surface area contributed by atoms with Crippen LogP contribution in [0.5, 0.6) is 0 Å². The second-order valence-electron chi connectivity index (χ2n) is 10.0. The molecule has 38 heavy (non-hydrogen) atoms. The van der Waals surface area contributed by atoms with E-state index in [9.17, 15) is 23.1 Å². The first-order chi connectivity index (χ1) is 17.9. The summed E-state index contributed by atoms with van der Waals surface area (Å²) < 4.78 is 29.7. The normalized spacial score (nSPS) is 18.8. The molecule has 0 aliphatic carbocycles. The Kier molecular flexibility index (Phi) is 8.00. The molecular formula is C27H33N5O5S. The first kappa shape index (κ1) is 27.5. The molecule has 10 nitrogen and oxygen atoms in total. The number of hydrogen-bond acceptors (Lipinski definition) is 6. The molecule has 0 saturated carbocycles. The van der Waals surface area contributed by atoms with Gasteiger partial charge in [0, 0.05) is 25.2 Å². The second-order valence-corrected chi connectivity index (χ2v) is 11.7. The average molecular weight is 540 g/mol. The maximum Gasteiger partial charge on any atom is 0.326 e. The Balaban J connectivity index is 1.68. The number of aliphatic carboxylic acids is 1. The van der Waals surface area contributed by atoms with Crippen molar-refractivity contribution >= 4 is 27.7 Å². The summed E-state index contributed by atoms with van der Waals surface area (Å²) in [5, 5.41) is 17.5. The molecule has 0 aromatic heterocycles. The SMILES string of the molecule is CC1=CCN(C(=O)C(Cc2cccc(C(=N)N)c2)NS(=O)(=O)c2ccc3c(c2)CN(C)CC3)C(C(=O)O)C1. The van der Waals surface area contributed by atoms with Crippen LogP contribution < -0.4 is 10.5 Å². The maximum atomic E-state index is 13.8. The van der Waals surface area contributed by atoms with Crippen LogP contribution in [0.4, 0.5) is 0 Å². The lowest BCUT2D eigenvalue weighted by molar-refractivity contribution is -0.150. The minimum atomic E-state index is -4.13. The van der Waals surface area contributed by atoms with E-state index >= 15 is 0 Å². The second kappa shape index (κ2) is 11.1. The van der Waals surface area contributed by atoms with Crippen molar-refractivity contribution in [2.24, 2.45) is 5.73 Å². The third kappa shape index (κ3) is 6.12. The Morgan fingerprint density at radius 2 is 1.97 bits per heavy atom. The highest BCUT2D eigenvalue weighted by atomic mass is 32.2. The largest absolute Gasteiger partial charge is 0.480 e. The number of amidine groups is 1. The molecule has 2 atom stereocenters. The zero-order valence-corrected chi connectivity index (χ0v) is 22.3. The Bertz CT molecular complexity index is 1400. The smallest absolute Gasteiger partial charge is 0.326 e. The van der Waals surface area contributed by atoms with Crippen molar-refractivity contribution in [3.8, 4) is 0 Å². The van der Waals surface area contributed by atoms with E-state index in [1.54, 1.807) is 43.3 Å². The van der Waals surface area contributed by atoms with Crippen molar-refractivity contribution in [3.63, 3.8) is 0 Å². The van der Waals surface area contributed by atoms with Crippen LogP contribution in [0, 0.1) is 5.41 Å². The molecule has 2 aliphatic rings. The van der Waals surface area contributed by atoms with Crippen LogP contribution in [0.2, 0.25) is 0 Å². The molecular weight excluding hydrogens is 506 g/mol. The molecule has 0 saturated heterocycles. The summed E-state index contributed by atoms with van der Waals surface area (Å²) in [4.78, 5) is 29.1. The lowest BCUT2D eigenvalue weighted by Gasteiger charge is -2.34. The number of hydrogen-bond donors (Lipinski definition) is 4. The fourth-order valence-electron chi connectivity index (χ4n) is 4.92. The summed E-state index contributed by atoms with van der Waals surface area (Å²) >= 11 is 0. The molecule has 1 amide bonds. The predicted molar refractivity (Wildman–Crippen MR) is 143 cm³/mol. The molecule has 0 fully saturated rings. The van der Waals surface area contributed by atoms with Crippen molar-refractivity contribution in [3.05, 3.63) is 76.4 Å². The van der Waals surface area contributed by atoms with Crippen molar-refractivity contribution in [2.45, 2.75) is 49.7 Å². The Labute approximate surface area is 222 Å².